The third-order valence-corrected chi connectivity index (χ3v) is 3.78. The Morgan fingerprint density at radius 1 is 1.38 bits per heavy atom. The number of hydrogen-bond donors (Lipinski definition) is 0. The summed E-state index contributed by atoms with van der Waals surface area (Å²) in [6.07, 6.45) is 3.82. The molecule has 2 aromatic rings. The van der Waals surface area contributed by atoms with Crippen LogP contribution in [0.3, 0.4) is 0 Å². The maximum absolute atomic E-state index is 12.3. The predicted molar refractivity (Wildman–Crippen MR) is 77.5 cm³/mol. The van der Waals surface area contributed by atoms with Crippen LogP contribution < -0.4 is 0 Å². The monoisotopic (exact) mass is 285 g/mol. The Morgan fingerprint density at radius 3 is 2.95 bits per heavy atom. The zero-order chi connectivity index (χ0) is 14.8. The molecule has 6 heteroatoms. The van der Waals surface area contributed by atoms with E-state index >= 15 is 0 Å². The maximum atomic E-state index is 12.3. The van der Waals surface area contributed by atoms with E-state index in [-0.39, 0.29) is 12.5 Å². The van der Waals surface area contributed by atoms with E-state index in [1.54, 1.807) is 11.0 Å². The van der Waals surface area contributed by atoms with Gasteiger partial charge in [-0.1, -0.05) is 19.9 Å². The number of amides is 1. The first-order valence-electron chi connectivity index (χ1n) is 7.22. The second kappa shape index (κ2) is 5.63. The van der Waals surface area contributed by atoms with Gasteiger partial charge in [0.2, 0.25) is 5.91 Å². The number of carbonyl (C=O) groups excluding carboxylic acids is 1. The fourth-order valence-electron chi connectivity index (χ4n) is 2.52. The fraction of sp³-hybridized carbons (Fsp3) is 0.467. The van der Waals surface area contributed by atoms with Gasteiger partial charge < -0.3 is 4.90 Å². The van der Waals surface area contributed by atoms with Crippen molar-refractivity contribution < 1.29 is 4.79 Å². The first-order chi connectivity index (χ1) is 10.1. The summed E-state index contributed by atoms with van der Waals surface area (Å²) in [5.41, 5.74) is 3.40. The molecule has 2 aromatic heterocycles. The smallest absolute Gasteiger partial charge is 0.244 e. The van der Waals surface area contributed by atoms with Crippen LogP contribution in [0.2, 0.25) is 0 Å². The van der Waals surface area contributed by atoms with Crippen LogP contribution >= 0.6 is 0 Å². The normalized spacial score (nSPS) is 14.3. The van der Waals surface area contributed by atoms with Crippen LogP contribution in [-0.4, -0.2) is 37.1 Å². The van der Waals surface area contributed by atoms with Gasteiger partial charge in [0.25, 0.3) is 0 Å². The molecule has 3 rings (SSSR count). The van der Waals surface area contributed by atoms with Crippen LogP contribution in [0.4, 0.5) is 0 Å². The Bertz CT molecular complexity index is 636. The molecule has 0 bridgehead atoms. The lowest BCUT2D eigenvalue weighted by Crippen LogP contribution is -2.38. The van der Waals surface area contributed by atoms with Crippen LogP contribution in [0.25, 0.3) is 0 Å². The third-order valence-electron chi connectivity index (χ3n) is 3.78. The Hall–Kier alpha value is -2.24. The minimum Gasteiger partial charge on any atom is -0.336 e. The molecule has 0 N–H and O–H groups in total. The quantitative estimate of drug-likeness (QED) is 0.854. The summed E-state index contributed by atoms with van der Waals surface area (Å²) >= 11 is 0. The van der Waals surface area contributed by atoms with Gasteiger partial charge in [-0.05, 0) is 17.5 Å². The van der Waals surface area contributed by atoms with E-state index in [0.29, 0.717) is 12.5 Å². The number of aromatic nitrogens is 4. The van der Waals surface area contributed by atoms with Gasteiger partial charge in [0.15, 0.2) is 0 Å². The van der Waals surface area contributed by atoms with Gasteiger partial charge >= 0.3 is 0 Å². The topological polar surface area (TPSA) is 63.9 Å². The van der Waals surface area contributed by atoms with E-state index in [9.17, 15) is 4.79 Å². The van der Waals surface area contributed by atoms with Crippen molar-refractivity contribution in [3.05, 3.63) is 41.7 Å². The molecule has 0 spiro atoms. The summed E-state index contributed by atoms with van der Waals surface area (Å²) in [5, 5.41) is 3.97. The Morgan fingerprint density at radius 2 is 2.24 bits per heavy atom. The van der Waals surface area contributed by atoms with Crippen LogP contribution in [0.1, 0.15) is 36.7 Å². The number of pyridine rings is 1. The lowest BCUT2D eigenvalue weighted by Gasteiger charge is -2.28. The molecule has 0 aliphatic carbocycles. The van der Waals surface area contributed by atoms with Crippen LogP contribution in [0.15, 0.2) is 24.8 Å². The first kappa shape index (κ1) is 13.7. The van der Waals surface area contributed by atoms with Crippen molar-refractivity contribution in [1.29, 1.82) is 0 Å². The van der Waals surface area contributed by atoms with Crippen molar-refractivity contribution >= 4 is 5.91 Å². The van der Waals surface area contributed by atoms with E-state index in [1.807, 2.05) is 4.90 Å². The summed E-state index contributed by atoms with van der Waals surface area (Å²) in [6.45, 7) is 5.88. The Balaban J connectivity index is 1.71. The highest BCUT2D eigenvalue weighted by Gasteiger charge is 2.22. The van der Waals surface area contributed by atoms with Crippen molar-refractivity contribution in [2.75, 3.05) is 6.54 Å². The van der Waals surface area contributed by atoms with Crippen molar-refractivity contribution in [2.24, 2.45) is 0 Å². The van der Waals surface area contributed by atoms with Crippen molar-refractivity contribution in [2.45, 2.75) is 39.3 Å². The molecule has 21 heavy (non-hydrogen) atoms. The van der Waals surface area contributed by atoms with E-state index in [4.69, 9.17) is 4.98 Å². The molecule has 110 valence electrons. The standard InChI is InChI=1S/C15H19N5O/c1-11(2)13-4-3-12-7-19(6-5-14(12)18-13)15(21)8-20-10-16-9-17-20/h3-4,9-11H,5-8H2,1-2H3. The average Bonchev–Trinajstić information content (AvgIpc) is 2.99. The molecular weight excluding hydrogens is 266 g/mol. The van der Waals surface area contributed by atoms with Gasteiger partial charge in [-0.2, -0.15) is 5.10 Å². The van der Waals surface area contributed by atoms with Gasteiger partial charge in [0.05, 0.1) is 0 Å². The molecule has 0 radical (unpaired) electrons. The molecule has 0 saturated carbocycles. The molecule has 0 saturated heterocycles. The number of nitrogens with zero attached hydrogens (tertiary/aromatic N) is 5. The summed E-state index contributed by atoms with van der Waals surface area (Å²) in [4.78, 5) is 22.7. The molecular formula is C15H19N5O. The largest absolute Gasteiger partial charge is 0.336 e. The van der Waals surface area contributed by atoms with Gasteiger partial charge in [0, 0.05) is 30.9 Å². The second-order valence-electron chi connectivity index (χ2n) is 5.65. The SMILES string of the molecule is CC(C)c1ccc2c(n1)CCN(C(=O)Cn1cncn1)C2. The van der Waals surface area contributed by atoms with Crippen LogP contribution in [-0.2, 0) is 24.3 Å². The second-order valence-corrected chi connectivity index (χ2v) is 5.65. The van der Waals surface area contributed by atoms with Gasteiger partial charge in [-0.25, -0.2) is 9.67 Å². The highest BCUT2D eigenvalue weighted by Crippen LogP contribution is 2.21. The molecule has 1 amide bonds. The summed E-state index contributed by atoms with van der Waals surface area (Å²) in [7, 11) is 0. The zero-order valence-corrected chi connectivity index (χ0v) is 12.4. The molecule has 0 aromatic carbocycles. The minimum absolute atomic E-state index is 0.0686. The molecule has 1 aliphatic heterocycles. The van der Waals surface area contributed by atoms with E-state index in [0.717, 1.165) is 29.9 Å². The highest BCUT2D eigenvalue weighted by molar-refractivity contribution is 5.76. The van der Waals surface area contributed by atoms with Crippen molar-refractivity contribution in [1.82, 2.24) is 24.6 Å². The minimum atomic E-state index is 0.0686. The predicted octanol–water partition coefficient (Wildman–Crippen LogP) is 1.38. The molecule has 0 atom stereocenters. The van der Waals surface area contributed by atoms with Gasteiger partial charge in [0.1, 0.15) is 19.2 Å². The van der Waals surface area contributed by atoms with Crippen LogP contribution in [0, 0.1) is 0 Å². The third kappa shape index (κ3) is 2.94. The molecule has 0 fully saturated rings. The summed E-state index contributed by atoms with van der Waals surface area (Å²) in [6, 6.07) is 4.17. The summed E-state index contributed by atoms with van der Waals surface area (Å²) in [5.74, 6) is 0.501. The lowest BCUT2D eigenvalue weighted by atomic mass is 10.0. The fourth-order valence-corrected chi connectivity index (χ4v) is 2.52. The molecule has 6 nitrogen and oxygen atoms in total. The zero-order valence-electron chi connectivity index (χ0n) is 12.4. The van der Waals surface area contributed by atoms with E-state index < -0.39 is 0 Å². The lowest BCUT2D eigenvalue weighted by molar-refractivity contribution is -0.133. The van der Waals surface area contributed by atoms with E-state index in [1.165, 1.54) is 6.33 Å². The maximum Gasteiger partial charge on any atom is 0.244 e. The van der Waals surface area contributed by atoms with Gasteiger partial charge in [-0.15, -0.1) is 0 Å². The number of carbonyl (C=O) groups is 1. The number of hydrogen-bond acceptors (Lipinski definition) is 4. The van der Waals surface area contributed by atoms with Crippen molar-refractivity contribution in [3.8, 4) is 0 Å². The first-order valence-corrected chi connectivity index (χ1v) is 7.22. The molecule has 3 heterocycles. The van der Waals surface area contributed by atoms with Crippen LogP contribution in [0.5, 0.6) is 0 Å². The highest BCUT2D eigenvalue weighted by atomic mass is 16.2. The van der Waals surface area contributed by atoms with Crippen molar-refractivity contribution in [3.63, 3.8) is 0 Å². The molecule has 0 unspecified atom stereocenters. The number of fused-ring (bicyclic) bond motifs is 1. The Labute approximate surface area is 123 Å². The van der Waals surface area contributed by atoms with E-state index in [2.05, 4.69) is 36.1 Å². The van der Waals surface area contributed by atoms with Gasteiger partial charge in [-0.3, -0.25) is 9.78 Å². The summed E-state index contributed by atoms with van der Waals surface area (Å²) < 4.78 is 1.55. The Kier molecular flexibility index (Phi) is 3.68. The number of rotatable bonds is 3. The average molecular weight is 285 g/mol. The molecule has 1 aliphatic rings.